The molecule has 1 fully saturated rings. The van der Waals surface area contributed by atoms with Crippen molar-refractivity contribution in [1.29, 1.82) is 0 Å². The number of thiazole rings is 1. The lowest BCUT2D eigenvalue weighted by Gasteiger charge is -2.26. The SMILES string of the molecule is CC(C)C1CCCC(O)(Cc2nccs2)CC1. The largest absolute Gasteiger partial charge is 0.389 e. The molecule has 96 valence electrons. The van der Waals surface area contributed by atoms with Crippen LogP contribution in [0, 0.1) is 11.8 Å². The van der Waals surface area contributed by atoms with Crippen molar-refractivity contribution >= 4 is 11.3 Å². The third kappa shape index (κ3) is 3.52. The fraction of sp³-hybridized carbons (Fsp3) is 0.786. The molecule has 3 heteroatoms. The molecule has 1 aliphatic carbocycles. The Labute approximate surface area is 108 Å². The Morgan fingerprint density at radius 1 is 1.47 bits per heavy atom. The van der Waals surface area contributed by atoms with Gasteiger partial charge in [-0.15, -0.1) is 11.3 Å². The monoisotopic (exact) mass is 253 g/mol. The van der Waals surface area contributed by atoms with Gasteiger partial charge >= 0.3 is 0 Å². The molecular weight excluding hydrogens is 230 g/mol. The van der Waals surface area contributed by atoms with Crippen LogP contribution in [0.4, 0.5) is 0 Å². The maximum absolute atomic E-state index is 10.7. The van der Waals surface area contributed by atoms with E-state index in [2.05, 4.69) is 18.8 Å². The van der Waals surface area contributed by atoms with Gasteiger partial charge in [0.2, 0.25) is 0 Å². The van der Waals surface area contributed by atoms with Crippen LogP contribution >= 0.6 is 11.3 Å². The Kier molecular flexibility index (Phi) is 4.21. The van der Waals surface area contributed by atoms with Gasteiger partial charge in [0.15, 0.2) is 0 Å². The van der Waals surface area contributed by atoms with E-state index >= 15 is 0 Å². The van der Waals surface area contributed by atoms with Crippen LogP contribution in [0.5, 0.6) is 0 Å². The highest BCUT2D eigenvalue weighted by atomic mass is 32.1. The molecule has 2 atom stereocenters. The predicted molar refractivity (Wildman–Crippen MR) is 72.2 cm³/mol. The van der Waals surface area contributed by atoms with Crippen LogP contribution in [0.3, 0.4) is 0 Å². The van der Waals surface area contributed by atoms with Crippen molar-refractivity contribution in [3.8, 4) is 0 Å². The average Bonchev–Trinajstić information content (AvgIpc) is 2.67. The Hall–Kier alpha value is -0.410. The van der Waals surface area contributed by atoms with E-state index < -0.39 is 5.60 Å². The lowest BCUT2D eigenvalue weighted by Crippen LogP contribution is -2.30. The van der Waals surface area contributed by atoms with Crippen LogP contribution < -0.4 is 0 Å². The van der Waals surface area contributed by atoms with Crippen LogP contribution in [-0.4, -0.2) is 15.7 Å². The minimum absolute atomic E-state index is 0.499. The first-order valence-corrected chi connectivity index (χ1v) is 7.58. The summed E-state index contributed by atoms with van der Waals surface area (Å²) in [5.74, 6) is 1.54. The van der Waals surface area contributed by atoms with Gasteiger partial charge in [0.05, 0.1) is 10.6 Å². The zero-order chi connectivity index (χ0) is 12.3. The zero-order valence-corrected chi connectivity index (χ0v) is 11.7. The Bertz CT molecular complexity index is 336. The summed E-state index contributed by atoms with van der Waals surface area (Å²) < 4.78 is 0. The van der Waals surface area contributed by atoms with Gasteiger partial charge < -0.3 is 5.11 Å². The van der Waals surface area contributed by atoms with E-state index in [1.807, 2.05) is 11.6 Å². The summed E-state index contributed by atoms with van der Waals surface area (Å²) in [6.45, 7) is 4.60. The van der Waals surface area contributed by atoms with E-state index in [9.17, 15) is 5.11 Å². The second kappa shape index (κ2) is 5.49. The summed E-state index contributed by atoms with van der Waals surface area (Å²) in [7, 11) is 0. The molecule has 1 aliphatic rings. The van der Waals surface area contributed by atoms with E-state index in [1.54, 1.807) is 11.3 Å². The summed E-state index contributed by atoms with van der Waals surface area (Å²) in [6, 6.07) is 0. The number of rotatable bonds is 3. The van der Waals surface area contributed by atoms with Gasteiger partial charge in [0.1, 0.15) is 0 Å². The predicted octanol–water partition coefficient (Wildman–Crippen LogP) is 3.65. The summed E-state index contributed by atoms with van der Waals surface area (Å²) in [5.41, 5.74) is -0.499. The van der Waals surface area contributed by atoms with Crippen LogP contribution in [0.15, 0.2) is 11.6 Å². The highest BCUT2D eigenvalue weighted by molar-refractivity contribution is 7.09. The van der Waals surface area contributed by atoms with Crippen molar-refractivity contribution in [2.75, 3.05) is 0 Å². The molecule has 1 saturated carbocycles. The number of hydrogen-bond donors (Lipinski definition) is 1. The summed E-state index contributed by atoms with van der Waals surface area (Å²) in [4.78, 5) is 4.30. The molecule has 1 aromatic rings. The standard InChI is InChI=1S/C14H23NOS/c1-11(2)12-4-3-6-14(16,7-5-12)10-13-15-8-9-17-13/h8-9,11-12,16H,3-7,10H2,1-2H3. The van der Waals surface area contributed by atoms with E-state index in [0.717, 1.165) is 42.5 Å². The van der Waals surface area contributed by atoms with Gasteiger partial charge in [-0.3, -0.25) is 0 Å². The molecule has 0 aromatic carbocycles. The van der Waals surface area contributed by atoms with Gasteiger partial charge in [-0.1, -0.05) is 26.7 Å². The van der Waals surface area contributed by atoms with Crippen LogP contribution in [0.1, 0.15) is 51.0 Å². The molecule has 17 heavy (non-hydrogen) atoms. The zero-order valence-electron chi connectivity index (χ0n) is 10.9. The van der Waals surface area contributed by atoms with Crippen molar-refractivity contribution in [3.05, 3.63) is 16.6 Å². The molecule has 2 rings (SSSR count). The van der Waals surface area contributed by atoms with Crippen molar-refractivity contribution < 1.29 is 5.11 Å². The Morgan fingerprint density at radius 3 is 2.94 bits per heavy atom. The highest BCUT2D eigenvalue weighted by Gasteiger charge is 2.32. The summed E-state index contributed by atoms with van der Waals surface area (Å²) >= 11 is 1.66. The molecular formula is C14H23NOS. The smallest absolute Gasteiger partial charge is 0.0953 e. The summed E-state index contributed by atoms with van der Waals surface area (Å²) in [5, 5.41) is 13.8. The van der Waals surface area contributed by atoms with Crippen LogP contribution in [-0.2, 0) is 6.42 Å². The number of aromatic nitrogens is 1. The van der Waals surface area contributed by atoms with Gasteiger partial charge in [0, 0.05) is 18.0 Å². The number of hydrogen-bond acceptors (Lipinski definition) is 3. The first-order valence-electron chi connectivity index (χ1n) is 6.70. The van der Waals surface area contributed by atoms with Gasteiger partial charge in [-0.05, 0) is 31.1 Å². The lowest BCUT2D eigenvalue weighted by molar-refractivity contribution is 0.0236. The Morgan fingerprint density at radius 2 is 2.29 bits per heavy atom. The van der Waals surface area contributed by atoms with Gasteiger partial charge in [-0.2, -0.15) is 0 Å². The Balaban J connectivity index is 1.96. The maximum Gasteiger partial charge on any atom is 0.0953 e. The fourth-order valence-corrected chi connectivity index (χ4v) is 3.63. The van der Waals surface area contributed by atoms with Crippen molar-refractivity contribution in [3.63, 3.8) is 0 Å². The molecule has 0 amide bonds. The van der Waals surface area contributed by atoms with Crippen LogP contribution in [0.25, 0.3) is 0 Å². The third-order valence-corrected chi connectivity index (χ3v) is 4.88. The molecule has 2 unspecified atom stereocenters. The molecule has 0 saturated heterocycles. The topological polar surface area (TPSA) is 33.1 Å². The first-order chi connectivity index (χ1) is 8.09. The van der Waals surface area contributed by atoms with Crippen molar-refractivity contribution in [2.24, 2.45) is 11.8 Å². The quantitative estimate of drug-likeness (QED) is 0.834. The fourth-order valence-electron chi connectivity index (χ4n) is 2.88. The van der Waals surface area contributed by atoms with E-state index in [1.165, 1.54) is 12.8 Å². The molecule has 1 heterocycles. The molecule has 0 bridgehead atoms. The molecule has 2 nitrogen and oxygen atoms in total. The van der Waals surface area contributed by atoms with E-state index in [0.29, 0.717) is 0 Å². The average molecular weight is 253 g/mol. The van der Waals surface area contributed by atoms with Crippen molar-refractivity contribution in [1.82, 2.24) is 4.98 Å². The van der Waals surface area contributed by atoms with Crippen LogP contribution in [0.2, 0.25) is 0 Å². The normalized spacial score (nSPS) is 30.5. The summed E-state index contributed by atoms with van der Waals surface area (Å²) in [6.07, 6.45) is 8.06. The minimum Gasteiger partial charge on any atom is -0.389 e. The second-order valence-electron chi connectivity index (χ2n) is 5.76. The highest BCUT2D eigenvalue weighted by Crippen LogP contribution is 2.35. The van der Waals surface area contributed by atoms with Gasteiger partial charge in [0.25, 0.3) is 0 Å². The third-order valence-electron chi connectivity index (χ3n) is 4.10. The molecule has 1 N–H and O–H groups in total. The van der Waals surface area contributed by atoms with E-state index in [-0.39, 0.29) is 0 Å². The molecule has 0 spiro atoms. The molecule has 1 aromatic heterocycles. The van der Waals surface area contributed by atoms with Crippen molar-refractivity contribution in [2.45, 2.75) is 58.0 Å². The first kappa shape index (κ1) is 13.0. The number of nitrogens with zero attached hydrogens (tertiary/aromatic N) is 1. The van der Waals surface area contributed by atoms with Gasteiger partial charge in [-0.25, -0.2) is 4.98 Å². The number of aliphatic hydroxyl groups is 1. The maximum atomic E-state index is 10.7. The molecule has 0 aliphatic heterocycles. The minimum atomic E-state index is -0.499. The van der Waals surface area contributed by atoms with E-state index in [4.69, 9.17) is 0 Å². The lowest BCUT2D eigenvalue weighted by atomic mass is 9.87. The molecule has 0 radical (unpaired) electrons. The second-order valence-corrected chi connectivity index (χ2v) is 6.74.